The van der Waals surface area contributed by atoms with Crippen LogP contribution < -0.4 is 5.32 Å². The first-order chi connectivity index (χ1) is 5.47. The molecular weight excluding hydrogens is 134 g/mol. The third kappa shape index (κ3) is 1.43. The maximum Gasteiger partial charge on any atom is 0.112 e. The van der Waals surface area contributed by atoms with Crippen LogP contribution in [-0.4, -0.2) is 6.54 Å². The summed E-state index contributed by atoms with van der Waals surface area (Å²) in [6.07, 6.45) is 2.73. The van der Waals surface area contributed by atoms with Gasteiger partial charge in [0, 0.05) is 18.4 Å². The van der Waals surface area contributed by atoms with Crippen LogP contribution >= 0.6 is 0 Å². The van der Waals surface area contributed by atoms with Gasteiger partial charge in [0.05, 0.1) is 6.54 Å². The van der Waals surface area contributed by atoms with E-state index in [1.54, 1.807) is 0 Å². The van der Waals surface area contributed by atoms with Crippen molar-refractivity contribution in [3.63, 3.8) is 0 Å². The Kier molecular flexibility index (Phi) is 1.91. The zero-order valence-corrected chi connectivity index (χ0v) is 6.66. The summed E-state index contributed by atoms with van der Waals surface area (Å²) in [6, 6.07) is 11.5. The lowest BCUT2D eigenvalue weighted by Gasteiger charge is -2.05. The minimum Gasteiger partial charge on any atom is -0.340 e. The number of nitrogens with two attached hydrogens (primary N) is 1. The topological polar surface area (TPSA) is 16.6 Å². The first kappa shape index (κ1) is 6.86. The summed E-state index contributed by atoms with van der Waals surface area (Å²) in [4.78, 5) is 0. The van der Waals surface area contributed by atoms with Crippen LogP contribution in [0.3, 0.4) is 0 Å². The van der Waals surface area contributed by atoms with Crippen molar-refractivity contribution >= 4 is 0 Å². The van der Waals surface area contributed by atoms with Gasteiger partial charge in [-0.05, 0) is 0 Å². The Balaban J connectivity index is 2.16. The van der Waals surface area contributed by atoms with E-state index < -0.39 is 0 Å². The van der Waals surface area contributed by atoms with E-state index in [1.807, 2.05) is 0 Å². The van der Waals surface area contributed by atoms with Crippen molar-refractivity contribution in [1.82, 2.24) is 0 Å². The van der Waals surface area contributed by atoms with Crippen LogP contribution in [0.25, 0.3) is 0 Å². The lowest BCUT2D eigenvalue weighted by atomic mass is 10.1. The molecule has 1 aromatic carbocycles. The summed E-state index contributed by atoms with van der Waals surface area (Å²) in [6.45, 7) is 1.31. The lowest BCUT2D eigenvalue weighted by molar-refractivity contribution is -0.676. The molecule has 1 aliphatic rings. The normalized spacial score (nSPS) is 23.8. The Morgan fingerprint density at radius 2 is 2.00 bits per heavy atom. The van der Waals surface area contributed by atoms with Gasteiger partial charge >= 0.3 is 0 Å². The van der Waals surface area contributed by atoms with Crippen molar-refractivity contribution in [3.8, 4) is 0 Å². The molecule has 1 saturated heterocycles. The highest BCUT2D eigenvalue weighted by atomic mass is 14.9. The van der Waals surface area contributed by atoms with Crippen molar-refractivity contribution in [2.24, 2.45) is 0 Å². The zero-order valence-electron chi connectivity index (χ0n) is 6.66. The Bertz CT molecular complexity index is 212. The van der Waals surface area contributed by atoms with Gasteiger partial charge in [0.1, 0.15) is 6.04 Å². The number of hydrogen-bond donors (Lipinski definition) is 1. The van der Waals surface area contributed by atoms with E-state index in [0.717, 1.165) is 6.04 Å². The molecular formula is C10H14N+. The van der Waals surface area contributed by atoms with Gasteiger partial charge in [0.25, 0.3) is 0 Å². The van der Waals surface area contributed by atoms with E-state index in [1.165, 1.54) is 24.9 Å². The van der Waals surface area contributed by atoms with E-state index in [9.17, 15) is 0 Å². The molecule has 1 aliphatic heterocycles. The first-order valence-electron chi connectivity index (χ1n) is 4.35. The van der Waals surface area contributed by atoms with Gasteiger partial charge in [-0.1, -0.05) is 30.3 Å². The number of benzene rings is 1. The average Bonchev–Trinajstić information content (AvgIpc) is 2.58. The molecule has 11 heavy (non-hydrogen) atoms. The van der Waals surface area contributed by atoms with Crippen LogP contribution in [-0.2, 0) is 0 Å². The van der Waals surface area contributed by atoms with Crippen LogP contribution in [0, 0.1) is 0 Å². The van der Waals surface area contributed by atoms with Crippen molar-refractivity contribution in [1.29, 1.82) is 0 Å². The molecule has 0 aliphatic carbocycles. The van der Waals surface area contributed by atoms with Crippen LogP contribution in [0.1, 0.15) is 24.4 Å². The number of hydrogen-bond acceptors (Lipinski definition) is 0. The quantitative estimate of drug-likeness (QED) is 0.614. The predicted molar refractivity (Wildman–Crippen MR) is 45.2 cm³/mol. The summed E-state index contributed by atoms with van der Waals surface area (Å²) in [5.41, 5.74) is 1.49. The van der Waals surface area contributed by atoms with Gasteiger partial charge in [0.2, 0.25) is 0 Å². The highest BCUT2D eigenvalue weighted by Gasteiger charge is 2.19. The summed E-state index contributed by atoms with van der Waals surface area (Å²) < 4.78 is 0. The third-order valence-electron chi connectivity index (χ3n) is 2.40. The molecule has 0 spiro atoms. The standard InChI is InChI=1S/C10H13N/c1-2-5-9(6-3-1)10-7-4-8-11-10/h1-3,5-6,10-11H,4,7-8H2/p+1/t10-/m0/s1. The van der Waals surface area contributed by atoms with Crippen LogP contribution in [0.15, 0.2) is 30.3 Å². The molecule has 2 rings (SSSR count). The van der Waals surface area contributed by atoms with E-state index in [2.05, 4.69) is 35.6 Å². The largest absolute Gasteiger partial charge is 0.340 e. The fourth-order valence-corrected chi connectivity index (χ4v) is 1.78. The Morgan fingerprint density at radius 1 is 1.18 bits per heavy atom. The van der Waals surface area contributed by atoms with E-state index >= 15 is 0 Å². The minimum atomic E-state index is 0.746. The fraction of sp³-hybridized carbons (Fsp3) is 0.400. The SMILES string of the molecule is c1ccc([C@@H]2CCC[NH2+]2)cc1. The molecule has 1 heteroatoms. The highest BCUT2D eigenvalue weighted by Crippen LogP contribution is 2.16. The summed E-state index contributed by atoms with van der Waals surface area (Å²) >= 11 is 0. The molecule has 58 valence electrons. The van der Waals surface area contributed by atoms with Gasteiger partial charge in [-0.3, -0.25) is 0 Å². The summed E-state index contributed by atoms with van der Waals surface area (Å²) in [7, 11) is 0. The molecule has 0 bridgehead atoms. The van der Waals surface area contributed by atoms with Crippen molar-refractivity contribution < 1.29 is 5.32 Å². The van der Waals surface area contributed by atoms with Gasteiger partial charge < -0.3 is 5.32 Å². The highest BCUT2D eigenvalue weighted by molar-refractivity contribution is 5.17. The molecule has 0 unspecified atom stereocenters. The molecule has 0 saturated carbocycles. The Hall–Kier alpha value is -0.820. The molecule has 1 aromatic rings. The monoisotopic (exact) mass is 148 g/mol. The maximum atomic E-state index is 2.44. The van der Waals surface area contributed by atoms with E-state index in [-0.39, 0.29) is 0 Å². The second kappa shape index (κ2) is 3.05. The second-order valence-corrected chi connectivity index (χ2v) is 3.18. The Labute approximate surface area is 67.4 Å². The van der Waals surface area contributed by atoms with Crippen molar-refractivity contribution in [3.05, 3.63) is 35.9 Å². The number of rotatable bonds is 1. The molecule has 2 N–H and O–H groups in total. The molecule has 1 nitrogen and oxygen atoms in total. The average molecular weight is 148 g/mol. The zero-order chi connectivity index (χ0) is 7.52. The maximum absolute atomic E-state index is 2.44. The van der Waals surface area contributed by atoms with Gasteiger partial charge in [-0.25, -0.2) is 0 Å². The van der Waals surface area contributed by atoms with Gasteiger partial charge in [0.15, 0.2) is 0 Å². The number of quaternary nitrogens is 1. The molecule has 0 aromatic heterocycles. The smallest absolute Gasteiger partial charge is 0.112 e. The van der Waals surface area contributed by atoms with Crippen molar-refractivity contribution in [2.75, 3.05) is 6.54 Å². The van der Waals surface area contributed by atoms with Gasteiger partial charge in [-0.15, -0.1) is 0 Å². The molecule has 1 heterocycles. The van der Waals surface area contributed by atoms with Crippen molar-refractivity contribution in [2.45, 2.75) is 18.9 Å². The van der Waals surface area contributed by atoms with Crippen LogP contribution in [0.4, 0.5) is 0 Å². The second-order valence-electron chi connectivity index (χ2n) is 3.18. The van der Waals surface area contributed by atoms with Crippen LogP contribution in [0.2, 0.25) is 0 Å². The lowest BCUT2D eigenvalue weighted by Crippen LogP contribution is -2.81. The summed E-state index contributed by atoms with van der Waals surface area (Å²) in [5.74, 6) is 0. The minimum absolute atomic E-state index is 0.746. The van der Waals surface area contributed by atoms with E-state index in [0.29, 0.717) is 0 Å². The predicted octanol–water partition coefficient (Wildman–Crippen LogP) is 1.08. The molecule has 1 fully saturated rings. The molecule has 1 atom stereocenters. The van der Waals surface area contributed by atoms with Crippen LogP contribution in [0.5, 0.6) is 0 Å². The van der Waals surface area contributed by atoms with E-state index in [4.69, 9.17) is 0 Å². The molecule has 0 radical (unpaired) electrons. The fourth-order valence-electron chi connectivity index (χ4n) is 1.78. The van der Waals surface area contributed by atoms with Gasteiger partial charge in [-0.2, -0.15) is 0 Å². The first-order valence-corrected chi connectivity index (χ1v) is 4.35. The third-order valence-corrected chi connectivity index (χ3v) is 2.40. The Morgan fingerprint density at radius 3 is 2.64 bits per heavy atom. The summed E-state index contributed by atoms with van der Waals surface area (Å²) in [5, 5.41) is 2.44. The molecule has 0 amide bonds.